The molecule has 0 aliphatic rings. The van der Waals surface area contributed by atoms with Gasteiger partial charge in [-0.2, -0.15) is 4.31 Å². The SMILES string of the molecule is CCN(CC)S(=O)(=O)c1ccc(SCc2cccc(Br)c2)nc1. The van der Waals surface area contributed by atoms with E-state index in [1.165, 1.54) is 16.1 Å². The highest BCUT2D eigenvalue weighted by molar-refractivity contribution is 9.10. The minimum absolute atomic E-state index is 0.244. The van der Waals surface area contributed by atoms with Gasteiger partial charge in [-0.25, -0.2) is 13.4 Å². The first kappa shape index (κ1) is 18.4. The molecule has 1 aromatic carbocycles. The van der Waals surface area contributed by atoms with Crippen LogP contribution in [0.4, 0.5) is 0 Å². The Bertz CT molecular complexity index is 745. The van der Waals surface area contributed by atoms with Gasteiger partial charge in [-0.1, -0.05) is 41.9 Å². The van der Waals surface area contributed by atoms with Crippen molar-refractivity contribution in [1.82, 2.24) is 9.29 Å². The highest BCUT2D eigenvalue weighted by atomic mass is 79.9. The summed E-state index contributed by atoms with van der Waals surface area (Å²) in [6.07, 6.45) is 1.44. The van der Waals surface area contributed by atoms with Crippen LogP contribution in [0.3, 0.4) is 0 Å². The van der Waals surface area contributed by atoms with Gasteiger partial charge >= 0.3 is 0 Å². The smallest absolute Gasteiger partial charge is 0.244 e. The molecule has 0 spiro atoms. The minimum Gasteiger partial charge on any atom is -0.249 e. The van der Waals surface area contributed by atoms with Crippen LogP contribution < -0.4 is 0 Å². The molecule has 0 fully saturated rings. The Balaban J connectivity index is 2.08. The fourth-order valence-electron chi connectivity index (χ4n) is 2.10. The summed E-state index contributed by atoms with van der Waals surface area (Å²) in [4.78, 5) is 4.52. The number of aromatic nitrogens is 1. The number of hydrogen-bond donors (Lipinski definition) is 0. The molecule has 0 radical (unpaired) electrons. The lowest BCUT2D eigenvalue weighted by molar-refractivity contribution is 0.445. The number of hydrogen-bond acceptors (Lipinski definition) is 4. The zero-order chi connectivity index (χ0) is 16.9. The van der Waals surface area contributed by atoms with Gasteiger partial charge in [0, 0.05) is 29.5 Å². The van der Waals surface area contributed by atoms with Gasteiger partial charge in [0.1, 0.15) is 4.90 Å². The second-order valence-corrected chi connectivity index (χ2v) is 8.69. The number of sulfonamides is 1. The number of benzene rings is 1. The molecule has 0 aliphatic carbocycles. The van der Waals surface area contributed by atoms with Gasteiger partial charge in [-0.3, -0.25) is 0 Å². The lowest BCUT2D eigenvalue weighted by atomic mass is 10.2. The number of rotatable bonds is 7. The van der Waals surface area contributed by atoms with Gasteiger partial charge in [0.05, 0.1) is 5.03 Å². The first-order valence-corrected chi connectivity index (χ1v) is 10.5. The van der Waals surface area contributed by atoms with Crippen LogP contribution >= 0.6 is 27.7 Å². The molecule has 23 heavy (non-hydrogen) atoms. The Morgan fingerprint density at radius 2 is 1.91 bits per heavy atom. The number of pyridine rings is 1. The maximum Gasteiger partial charge on any atom is 0.244 e. The number of thioether (sulfide) groups is 1. The topological polar surface area (TPSA) is 50.3 Å². The summed E-state index contributed by atoms with van der Waals surface area (Å²) in [5.41, 5.74) is 1.19. The quantitative estimate of drug-likeness (QED) is 0.637. The molecular weight excluding hydrogens is 396 g/mol. The molecule has 0 saturated heterocycles. The van der Waals surface area contributed by atoms with Crippen molar-refractivity contribution in [2.75, 3.05) is 13.1 Å². The second kappa shape index (κ2) is 8.28. The predicted octanol–water partition coefficient (Wildman–Crippen LogP) is 4.17. The minimum atomic E-state index is -3.44. The van der Waals surface area contributed by atoms with Crippen LogP contribution in [0.2, 0.25) is 0 Å². The lowest BCUT2D eigenvalue weighted by Gasteiger charge is -2.18. The van der Waals surface area contributed by atoms with Crippen molar-refractivity contribution in [3.05, 3.63) is 52.6 Å². The average molecular weight is 415 g/mol. The zero-order valence-corrected chi connectivity index (χ0v) is 16.3. The molecule has 2 rings (SSSR count). The van der Waals surface area contributed by atoms with E-state index in [1.807, 2.05) is 26.0 Å². The lowest BCUT2D eigenvalue weighted by Crippen LogP contribution is -2.30. The third-order valence-electron chi connectivity index (χ3n) is 3.33. The van der Waals surface area contributed by atoms with Crippen LogP contribution in [0.25, 0.3) is 0 Å². The van der Waals surface area contributed by atoms with E-state index in [-0.39, 0.29) is 4.90 Å². The van der Waals surface area contributed by atoms with Gasteiger partial charge in [0.25, 0.3) is 0 Å². The van der Waals surface area contributed by atoms with Crippen molar-refractivity contribution in [3.63, 3.8) is 0 Å². The predicted molar refractivity (Wildman–Crippen MR) is 98.0 cm³/mol. The number of nitrogens with zero attached hydrogens (tertiary/aromatic N) is 2. The van der Waals surface area contributed by atoms with Crippen LogP contribution in [-0.4, -0.2) is 30.8 Å². The molecule has 2 aromatic rings. The van der Waals surface area contributed by atoms with Crippen molar-refractivity contribution in [2.24, 2.45) is 0 Å². The largest absolute Gasteiger partial charge is 0.249 e. The van der Waals surface area contributed by atoms with Gasteiger partial charge in [-0.15, -0.1) is 11.8 Å². The number of halogens is 1. The van der Waals surface area contributed by atoms with Crippen LogP contribution in [0, 0.1) is 0 Å². The monoisotopic (exact) mass is 414 g/mol. The summed E-state index contributed by atoms with van der Waals surface area (Å²) in [6, 6.07) is 11.5. The van der Waals surface area contributed by atoms with E-state index in [0.717, 1.165) is 15.3 Å². The highest BCUT2D eigenvalue weighted by Gasteiger charge is 2.21. The average Bonchev–Trinajstić information content (AvgIpc) is 2.54. The van der Waals surface area contributed by atoms with Crippen molar-refractivity contribution in [3.8, 4) is 0 Å². The zero-order valence-electron chi connectivity index (χ0n) is 13.1. The second-order valence-electron chi connectivity index (χ2n) is 4.84. The van der Waals surface area contributed by atoms with E-state index in [4.69, 9.17) is 0 Å². The molecule has 0 unspecified atom stereocenters. The Morgan fingerprint density at radius 3 is 2.48 bits per heavy atom. The van der Waals surface area contributed by atoms with Gasteiger partial charge in [0.15, 0.2) is 0 Å². The van der Waals surface area contributed by atoms with Gasteiger partial charge < -0.3 is 0 Å². The highest BCUT2D eigenvalue weighted by Crippen LogP contribution is 2.24. The van der Waals surface area contributed by atoms with E-state index >= 15 is 0 Å². The molecule has 0 N–H and O–H groups in total. The summed E-state index contributed by atoms with van der Waals surface area (Å²) in [5.74, 6) is 0.786. The van der Waals surface area contributed by atoms with Crippen molar-refractivity contribution in [1.29, 1.82) is 0 Å². The normalized spacial score (nSPS) is 11.8. The van der Waals surface area contributed by atoms with E-state index in [0.29, 0.717) is 13.1 Å². The van der Waals surface area contributed by atoms with E-state index < -0.39 is 10.0 Å². The van der Waals surface area contributed by atoms with Gasteiger partial charge in [0.2, 0.25) is 10.0 Å². The summed E-state index contributed by atoms with van der Waals surface area (Å²) >= 11 is 5.03. The third kappa shape index (κ3) is 4.79. The van der Waals surface area contributed by atoms with Crippen LogP contribution in [0.5, 0.6) is 0 Å². The first-order valence-electron chi connectivity index (χ1n) is 7.30. The van der Waals surface area contributed by atoms with Crippen molar-refractivity contribution < 1.29 is 8.42 Å². The van der Waals surface area contributed by atoms with Crippen LogP contribution in [-0.2, 0) is 15.8 Å². The standard InChI is InChI=1S/C16H19BrN2O2S2/c1-3-19(4-2)23(20,21)15-8-9-16(18-11-15)22-12-13-6-5-7-14(17)10-13/h5-11H,3-4,12H2,1-2H3. The van der Waals surface area contributed by atoms with E-state index in [1.54, 1.807) is 23.9 Å². The van der Waals surface area contributed by atoms with Crippen LogP contribution in [0.1, 0.15) is 19.4 Å². The van der Waals surface area contributed by atoms with Gasteiger partial charge in [-0.05, 0) is 29.8 Å². The fourth-order valence-corrected chi connectivity index (χ4v) is 4.74. The molecule has 1 aromatic heterocycles. The Kier molecular flexibility index (Phi) is 6.64. The fraction of sp³-hybridized carbons (Fsp3) is 0.312. The molecule has 1 heterocycles. The molecule has 0 bridgehead atoms. The van der Waals surface area contributed by atoms with E-state index in [2.05, 4.69) is 33.0 Å². The molecule has 0 atom stereocenters. The molecule has 0 saturated carbocycles. The van der Waals surface area contributed by atoms with E-state index in [9.17, 15) is 8.42 Å². The first-order chi connectivity index (χ1) is 11.0. The Morgan fingerprint density at radius 1 is 1.17 bits per heavy atom. The summed E-state index contributed by atoms with van der Waals surface area (Å²) in [6.45, 7) is 4.57. The van der Waals surface area contributed by atoms with Crippen molar-refractivity contribution >= 4 is 37.7 Å². The Hall–Kier alpha value is -0.890. The summed E-state index contributed by atoms with van der Waals surface area (Å²) in [7, 11) is -3.44. The Labute approximate surface area is 150 Å². The van der Waals surface area contributed by atoms with Crippen LogP contribution in [0.15, 0.2) is 57.0 Å². The molecule has 7 heteroatoms. The summed E-state index contributed by atoms with van der Waals surface area (Å²) in [5, 5.41) is 0.809. The molecule has 4 nitrogen and oxygen atoms in total. The molecular formula is C16H19BrN2O2S2. The third-order valence-corrected chi connectivity index (χ3v) is 6.87. The van der Waals surface area contributed by atoms with Crippen molar-refractivity contribution in [2.45, 2.75) is 29.5 Å². The molecule has 124 valence electrons. The maximum absolute atomic E-state index is 12.4. The molecule has 0 amide bonds. The maximum atomic E-state index is 12.4. The summed E-state index contributed by atoms with van der Waals surface area (Å²) < 4.78 is 27.3. The molecule has 0 aliphatic heterocycles.